The first-order chi connectivity index (χ1) is 13.2. The molecule has 0 spiro atoms. The second-order valence-corrected chi connectivity index (χ2v) is 6.99. The predicted molar refractivity (Wildman–Crippen MR) is 103 cm³/mol. The Morgan fingerprint density at radius 1 is 1.00 bits per heavy atom. The van der Waals surface area contributed by atoms with E-state index in [1.807, 2.05) is 23.1 Å². The van der Waals surface area contributed by atoms with Crippen LogP contribution in [0.2, 0.25) is 0 Å². The Bertz CT molecular complexity index is 992. The number of piperazine rings is 1. The number of aromatic nitrogens is 2. The maximum atomic E-state index is 12.6. The molecule has 0 saturated carbocycles. The van der Waals surface area contributed by atoms with Crippen LogP contribution in [-0.2, 0) is 17.9 Å². The highest BCUT2D eigenvalue weighted by Gasteiger charge is 2.24. The molecule has 1 N–H and O–H groups in total. The van der Waals surface area contributed by atoms with E-state index in [0.717, 1.165) is 32.7 Å². The van der Waals surface area contributed by atoms with Crippen molar-refractivity contribution >= 4 is 16.8 Å². The molecule has 4 rings (SSSR count). The van der Waals surface area contributed by atoms with Crippen molar-refractivity contribution in [3.63, 3.8) is 0 Å². The number of nitrogens with one attached hydrogen (secondary N) is 1. The normalized spacial score (nSPS) is 15.2. The van der Waals surface area contributed by atoms with E-state index in [0.29, 0.717) is 10.9 Å². The molecule has 0 atom stereocenters. The van der Waals surface area contributed by atoms with Crippen molar-refractivity contribution in [1.82, 2.24) is 14.5 Å². The van der Waals surface area contributed by atoms with Gasteiger partial charge >= 0.3 is 0 Å². The number of benzene rings is 2. The van der Waals surface area contributed by atoms with Gasteiger partial charge in [0.25, 0.3) is 5.56 Å². The summed E-state index contributed by atoms with van der Waals surface area (Å²) in [4.78, 5) is 32.8. The first-order valence-corrected chi connectivity index (χ1v) is 9.30. The Morgan fingerprint density at radius 3 is 2.48 bits per heavy atom. The Labute approximate surface area is 157 Å². The molecule has 0 radical (unpaired) electrons. The number of fused-ring (bicyclic) bond motifs is 1. The topological polar surface area (TPSA) is 59.6 Å². The van der Waals surface area contributed by atoms with Crippen LogP contribution in [0, 0.1) is 0 Å². The number of para-hydroxylation sites is 1. The highest BCUT2D eigenvalue weighted by molar-refractivity contribution is 5.79. The smallest absolute Gasteiger partial charge is 0.261 e. The van der Waals surface area contributed by atoms with Crippen LogP contribution >= 0.6 is 0 Å². The summed E-state index contributed by atoms with van der Waals surface area (Å²) < 4.78 is 1.41. The van der Waals surface area contributed by atoms with Gasteiger partial charge in [0.15, 0.2) is 0 Å². The van der Waals surface area contributed by atoms with Crippen molar-refractivity contribution in [2.75, 3.05) is 26.2 Å². The summed E-state index contributed by atoms with van der Waals surface area (Å²) in [7, 11) is 0. The molecule has 2 heterocycles. The van der Waals surface area contributed by atoms with Gasteiger partial charge in [-0.25, -0.2) is 4.98 Å². The van der Waals surface area contributed by atoms with Gasteiger partial charge in [-0.05, 0) is 12.1 Å². The molecular formula is C21H23N4O2+. The Morgan fingerprint density at radius 2 is 1.70 bits per heavy atom. The van der Waals surface area contributed by atoms with E-state index in [4.69, 9.17) is 0 Å². The van der Waals surface area contributed by atoms with Crippen molar-refractivity contribution in [3.8, 4) is 0 Å². The van der Waals surface area contributed by atoms with Gasteiger partial charge in [0, 0.05) is 5.56 Å². The maximum Gasteiger partial charge on any atom is 0.261 e. The molecule has 0 unspecified atom stereocenters. The predicted octanol–water partition coefficient (Wildman–Crippen LogP) is 0.324. The Kier molecular flexibility index (Phi) is 4.98. The molecule has 2 aromatic carbocycles. The summed E-state index contributed by atoms with van der Waals surface area (Å²) in [5.74, 6) is -0.0204. The van der Waals surface area contributed by atoms with Gasteiger partial charge in [0.2, 0.25) is 5.91 Å². The zero-order valence-electron chi connectivity index (χ0n) is 15.2. The molecule has 3 aromatic rings. The van der Waals surface area contributed by atoms with Crippen LogP contribution in [0.4, 0.5) is 0 Å². The summed E-state index contributed by atoms with van der Waals surface area (Å²) in [6.07, 6.45) is 1.47. The highest BCUT2D eigenvalue weighted by atomic mass is 16.2. The van der Waals surface area contributed by atoms with Gasteiger partial charge in [0.1, 0.15) is 13.1 Å². The maximum absolute atomic E-state index is 12.6. The van der Waals surface area contributed by atoms with Crippen molar-refractivity contribution in [1.29, 1.82) is 0 Å². The van der Waals surface area contributed by atoms with E-state index in [-0.39, 0.29) is 18.0 Å². The second kappa shape index (κ2) is 7.72. The third kappa shape index (κ3) is 3.90. The minimum atomic E-state index is -0.165. The number of carbonyl (C=O) groups is 1. The number of amides is 1. The lowest BCUT2D eigenvalue weighted by molar-refractivity contribution is -0.917. The minimum Gasteiger partial charge on any atom is -0.330 e. The lowest BCUT2D eigenvalue weighted by Crippen LogP contribution is -3.13. The number of hydrogen-bond acceptors (Lipinski definition) is 3. The molecule has 1 aliphatic heterocycles. The molecule has 6 heteroatoms. The number of rotatable bonds is 4. The SMILES string of the molecule is O=C(Cn1cnc2ccccc2c1=O)N1CC[NH+](Cc2ccccc2)CC1. The summed E-state index contributed by atoms with van der Waals surface area (Å²) >= 11 is 0. The third-order valence-corrected chi connectivity index (χ3v) is 5.16. The van der Waals surface area contributed by atoms with Crippen LogP contribution in [0.25, 0.3) is 10.9 Å². The fourth-order valence-electron chi connectivity index (χ4n) is 3.60. The van der Waals surface area contributed by atoms with Gasteiger partial charge in [-0.1, -0.05) is 42.5 Å². The lowest BCUT2D eigenvalue weighted by Gasteiger charge is -2.32. The van der Waals surface area contributed by atoms with Crippen molar-refractivity contribution in [3.05, 3.63) is 76.8 Å². The van der Waals surface area contributed by atoms with E-state index in [1.54, 1.807) is 12.1 Å². The monoisotopic (exact) mass is 363 g/mol. The van der Waals surface area contributed by atoms with Gasteiger partial charge in [-0.2, -0.15) is 0 Å². The van der Waals surface area contributed by atoms with Crippen LogP contribution in [0.1, 0.15) is 5.56 Å². The summed E-state index contributed by atoms with van der Waals surface area (Å²) in [6.45, 7) is 4.31. The molecule has 6 nitrogen and oxygen atoms in total. The quantitative estimate of drug-likeness (QED) is 0.727. The van der Waals surface area contributed by atoms with E-state index in [9.17, 15) is 9.59 Å². The molecule has 1 aromatic heterocycles. The summed E-state index contributed by atoms with van der Waals surface area (Å²) in [5, 5.41) is 0.546. The summed E-state index contributed by atoms with van der Waals surface area (Å²) in [5.41, 5.74) is 1.81. The first-order valence-electron chi connectivity index (χ1n) is 9.30. The first kappa shape index (κ1) is 17.4. The highest BCUT2D eigenvalue weighted by Crippen LogP contribution is 2.05. The van der Waals surface area contributed by atoms with Crippen molar-refractivity contribution < 1.29 is 9.69 Å². The van der Waals surface area contributed by atoms with E-state index in [2.05, 4.69) is 29.2 Å². The van der Waals surface area contributed by atoms with Crippen molar-refractivity contribution in [2.24, 2.45) is 0 Å². The molecular weight excluding hydrogens is 340 g/mol. The third-order valence-electron chi connectivity index (χ3n) is 5.16. The number of carbonyl (C=O) groups excluding carboxylic acids is 1. The molecule has 138 valence electrons. The van der Waals surface area contributed by atoms with Gasteiger partial charge in [-0.15, -0.1) is 0 Å². The standard InChI is InChI=1S/C21H22N4O2/c26-20(15-25-16-22-19-9-5-4-8-18(19)21(25)27)24-12-10-23(11-13-24)14-17-6-2-1-3-7-17/h1-9,16H,10-15H2/p+1. The van der Waals surface area contributed by atoms with E-state index >= 15 is 0 Å². The lowest BCUT2D eigenvalue weighted by atomic mass is 10.2. The van der Waals surface area contributed by atoms with Crippen LogP contribution in [0.3, 0.4) is 0 Å². The fraction of sp³-hybridized carbons (Fsp3) is 0.286. The average Bonchev–Trinajstić information content (AvgIpc) is 2.71. The zero-order chi connectivity index (χ0) is 18.6. The molecule has 1 fully saturated rings. The molecule has 0 bridgehead atoms. The molecule has 1 aliphatic rings. The molecule has 27 heavy (non-hydrogen) atoms. The number of nitrogens with zero attached hydrogens (tertiary/aromatic N) is 3. The van der Waals surface area contributed by atoms with E-state index in [1.165, 1.54) is 21.4 Å². The second-order valence-electron chi connectivity index (χ2n) is 6.99. The molecule has 1 saturated heterocycles. The van der Waals surface area contributed by atoms with Crippen molar-refractivity contribution in [2.45, 2.75) is 13.1 Å². The molecule has 1 amide bonds. The summed E-state index contributed by atoms with van der Waals surface area (Å²) in [6, 6.07) is 17.6. The Hall–Kier alpha value is -2.99. The van der Waals surface area contributed by atoms with Gasteiger partial charge in [-0.3, -0.25) is 14.2 Å². The van der Waals surface area contributed by atoms with Gasteiger partial charge < -0.3 is 9.80 Å². The fourth-order valence-corrected chi connectivity index (χ4v) is 3.60. The van der Waals surface area contributed by atoms with E-state index < -0.39 is 0 Å². The largest absolute Gasteiger partial charge is 0.330 e. The van der Waals surface area contributed by atoms with Crippen LogP contribution in [-0.4, -0.2) is 46.5 Å². The minimum absolute atomic E-state index is 0.0204. The molecule has 0 aliphatic carbocycles. The number of hydrogen-bond donors (Lipinski definition) is 1. The van der Waals surface area contributed by atoms with Crippen LogP contribution in [0.5, 0.6) is 0 Å². The average molecular weight is 363 g/mol. The number of quaternary nitrogens is 1. The Balaban J connectivity index is 1.37. The van der Waals surface area contributed by atoms with Crippen LogP contribution in [0.15, 0.2) is 65.7 Å². The van der Waals surface area contributed by atoms with Crippen LogP contribution < -0.4 is 10.5 Å². The van der Waals surface area contributed by atoms with Gasteiger partial charge in [0.05, 0.1) is 43.4 Å². The zero-order valence-corrected chi connectivity index (χ0v) is 15.2.